The van der Waals surface area contributed by atoms with Crippen molar-refractivity contribution in [3.63, 3.8) is 0 Å². The number of nitrogens with zero attached hydrogens (tertiary/aromatic N) is 2. The van der Waals surface area contributed by atoms with Crippen LogP contribution in [0.5, 0.6) is 0 Å². The third-order valence-corrected chi connectivity index (χ3v) is 4.27. The summed E-state index contributed by atoms with van der Waals surface area (Å²) in [6, 6.07) is 1.68. The van der Waals surface area contributed by atoms with Gasteiger partial charge in [-0.25, -0.2) is 0 Å². The average Bonchev–Trinajstić information content (AvgIpc) is 2.86. The standard InChI is InChI=1S/C14H22F3N3/c1-2-9-20-12(7-8-19-20)13(18)10-3-5-11(6-4-10)14(15,16)17/h7-8,10-11,13H,2-6,9,18H2,1H3. The molecule has 1 atom stereocenters. The second kappa shape index (κ2) is 6.16. The Labute approximate surface area is 117 Å². The summed E-state index contributed by atoms with van der Waals surface area (Å²) < 4.78 is 39.9. The van der Waals surface area contributed by atoms with Gasteiger partial charge in [0.25, 0.3) is 0 Å². The van der Waals surface area contributed by atoms with E-state index in [-0.39, 0.29) is 24.8 Å². The van der Waals surface area contributed by atoms with Crippen molar-refractivity contribution in [1.82, 2.24) is 9.78 Å². The average molecular weight is 289 g/mol. The van der Waals surface area contributed by atoms with Crippen LogP contribution in [0.15, 0.2) is 12.3 Å². The first-order valence-electron chi connectivity index (χ1n) is 7.27. The number of halogens is 3. The third kappa shape index (κ3) is 3.34. The highest BCUT2D eigenvalue weighted by Gasteiger charge is 2.42. The Morgan fingerprint density at radius 1 is 1.35 bits per heavy atom. The van der Waals surface area contributed by atoms with Crippen LogP contribution >= 0.6 is 0 Å². The molecule has 1 unspecified atom stereocenters. The molecule has 3 nitrogen and oxygen atoms in total. The molecule has 0 radical (unpaired) electrons. The fraction of sp³-hybridized carbons (Fsp3) is 0.786. The molecule has 1 aliphatic rings. The van der Waals surface area contributed by atoms with Gasteiger partial charge in [-0.15, -0.1) is 0 Å². The van der Waals surface area contributed by atoms with Gasteiger partial charge in [0.05, 0.1) is 11.6 Å². The minimum atomic E-state index is -4.06. The lowest BCUT2D eigenvalue weighted by molar-refractivity contribution is -0.184. The van der Waals surface area contributed by atoms with Crippen molar-refractivity contribution in [3.8, 4) is 0 Å². The fourth-order valence-electron chi connectivity index (χ4n) is 3.07. The lowest BCUT2D eigenvalue weighted by Crippen LogP contribution is -2.32. The van der Waals surface area contributed by atoms with Gasteiger partial charge >= 0.3 is 6.18 Å². The van der Waals surface area contributed by atoms with Gasteiger partial charge in [-0.05, 0) is 44.1 Å². The summed E-state index contributed by atoms with van der Waals surface area (Å²) in [7, 11) is 0. The molecule has 6 heteroatoms. The van der Waals surface area contributed by atoms with Crippen molar-refractivity contribution in [2.45, 2.75) is 57.8 Å². The van der Waals surface area contributed by atoms with Crippen LogP contribution in [0, 0.1) is 11.8 Å². The summed E-state index contributed by atoms with van der Waals surface area (Å²) in [5.74, 6) is -1.02. The van der Waals surface area contributed by atoms with Crippen molar-refractivity contribution in [3.05, 3.63) is 18.0 Å². The van der Waals surface area contributed by atoms with E-state index in [9.17, 15) is 13.2 Å². The zero-order valence-corrected chi connectivity index (χ0v) is 11.7. The maximum absolute atomic E-state index is 12.7. The smallest absolute Gasteiger partial charge is 0.322 e. The minimum absolute atomic E-state index is 0.126. The van der Waals surface area contributed by atoms with Crippen molar-refractivity contribution in [1.29, 1.82) is 0 Å². The molecule has 1 heterocycles. The van der Waals surface area contributed by atoms with E-state index in [0.717, 1.165) is 18.7 Å². The molecule has 0 saturated heterocycles. The first-order valence-corrected chi connectivity index (χ1v) is 7.27. The van der Waals surface area contributed by atoms with Crippen molar-refractivity contribution >= 4 is 0 Å². The second-order valence-electron chi connectivity index (χ2n) is 5.66. The number of aromatic nitrogens is 2. The predicted octanol–water partition coefficient (Wildman–Crippen LogP) is 3.66. The van der Waals surface area contributed by atoms with Crippen LogP contribution < -0.4 is 5.73 Å². The van der Waals surface area contributed by atoms with Gasteiger partial charge in [0, 0.05) is 18.8 Å². The monoisotopic (exact) mass is 289 g/mol. The van der Waals surface area contributed by atoms with E-state index in [2.05, 4.69) is 12.0 Å². The topological polar surface area (TPSA) is 43.8 Å². The maximum atomic E-state index is 12.7. The van der Waals surface area contributed by atoms with E-state index in [1.54, 1.807) is 6.20 Å². The zero-order chi connectivity index (χ0) is 14.8. The Morgan fingerprint density at radius 2 is 2.00 bits per heavy atom. The molecular formula is C14H22F3N3. The van der Waals surface area contributed by atoms with Crippen LogP contribution in [-0.2, 0) is 6.54 Å². The maximum Gasteiger partial charge on any atom is 0.391 e. The van der Waals surface area contributed by atoms with Crippen LogP contribution in [0.3, 0.4) is 0 Å². The molecule has 2 N–H and O–H groups in total. The summed E-state index contributed by atoms with van der Waals surface area (Å²) in [4.78, 5) is 0. The first kappa shape index (κ1) is 15.4. The number of hydrogen-bond donors (Lipinski definition) is 1. The molecule has 0 bridgehead atoms. The van der Waals surface area contributed by atoms with Gasteiger partial charge < -0.3 is 5.73 Å². The molecular weight excluding hydrogens is 267 g/mol. The highest BCUT2D eigenvalue weighted by atomic mass is 19.4. The Morgan fingerprint density at radius 3 is 2.55 bits per heavy atom. The third-order valence-electron chi connectivity index (χ3n) is 4.27. The van der Waals surface area contributed by atoms with Gasteiger partial charge in [-0.3, -0.25) is 4.68 Å². The van der Waals surface area contributed by atoms with Gasteiger partial charge in [-0.2, -0.15) is 18.3 Å². The molecule has 1 aromatic rings. The zero-order valence-electron chi connectivity index (χ0n) is 11.7. The summed E-state index contributed by atoms with van der Waals surface area (Å²) in [5.41, 5.74) is 7.20. The van der Waals surface area contributed by atoms with Gasteiger partial charge in [0.1, 0.15) is 0 Å². The highest BCUT2D eigenvalue weighted by molar-refractivity contribution is 5.08. The predicted molar refractivity (Wildman–Crippen MR) is 70.9 cm³/mol. The SMILES string of the molecule is CCCn1nccc1C(N)C1CCC(C(F)(F)F)CC1. The van der Waals surface area contributed by atoms with E-state index >= 15 is 0 Å². The number of rotatable bonds is 4. The molecule has 1 saturated carbocycles. The molecule has 2 rings (SSSR count). The van der Waals surface area contributed by atoms with E-state index in [0.29, 0.717) is 12.8 Å². The number of hydrogen-bond acceptors (Lipinski definition) is 2. The van der Waals surface area contributed by atoms with E-state index in [4.69, 9.17) is 5.73 Å². The van der Waals surface area contributed by atoms with Crippen molar-refractivity contribution in [2.24, 2.45) is 17.6 Å². The molecule has 1 aliphatic carbocycles. The normalized spacial score (nSPS) is 25.6. The van der Waals surface area contributed by atoms with E-state index in [1.807, 2.05) is 10.7 Å². The first-order chi connectivity index (χ1) is 9.43. The molecule has 0 aromatic carbocycles. The van der Waals surface area contributed by atoms with Crippen molar-refractivity contribution < 1.29 is 13.2 Å². The quantitative estimate of drug-likeness (QED) is 0.919. The molecule has 0 spiro atoms. The van der Waals surface area contributed by atoms with Crippen LogP contribution in [0.2, 0.25) is 0 Å². The van der Waals surface area contributed by atoms with Gasteiger partial charge in [-0.1, -0.05) is 6.92 Å². The molecule has 1 fully saturated rings. The second-order valence-corrected chi connectivity index (χ2v) is 5.66. The Bertz CT molecular complexity index is 420. The molecule has 0 aliphatic heterocycles. The summed E-state index contributed by atoms with van der Waals surface area (Å²) in [5, 5.41) is 4.23. The highest BCUT2D eigenvalue weighted by Crippen LogP contribution is 2.42. The minimum Gasteiger partial charge on any atom is -0.322 e. The number of aryl methyl sites for hydroxylation is 1. The summed E-state index contributed by atoms with van der Waals surface area (Å²) in [6.07, 6.45) is 0.103. The number of nitrogens with two attached hydrogens (primary N) is 1. The van der Waals surface area contributed by atoms with Crippen molar-refractivity contribution in [2.75, 3.05) is 0 Å². The van der Waals surface area contributed by atoms with Crippen LogP contribution in [-0.4, -0.2) is 16.0 Å². The number of alkyl halides is 3. The molecule has 20 heavy (non-hydrogen) atoms. The Balaban J connectivity index is 1.98. The Kier molecular flexibility index (Phi) is 4.73. The molecule has 114 valence electrons. The van der Waals surface area contributed by atoms with E-state index in [1.165, 1.54) is 0 Å². The summed E-state index contributed by atoms with van der Waals surface area (Å²) in [6.45, 7) is 2.86. The Hall–Kier alpha value is -1.04. The van der Waals surface area contributed by atoms with Crippen LogP contribution in [0.4, 0.5) is 13.2 Å². The van der Waals surface area contributed by atoms with Gasteiger partial charge in [0.2, 0.25) is 0 Å². The largest absolute Gasteiger partial charge is 0.391 e. The van der Waals surface area contributed by atoms with E-state index < -0.39 is 12.1 Å². The fourth-order valence-corrected chi connectivity index (χ4v) is 3.07. The molecule has 0 amide bonds. The lowest BCUT2D eigenvalue weighted by Gasteiger charge is -2.33. The van der Waals surface area contributed by atoms with Crippen LogP contribution in [0.1, 0.15) is 50.8 Å². The summed E-state index contributed by atoms with van der Waals surface area (Å²) >= 11 is 0. The lowest BCUT2D eigenvalue weighted by atomic mass is 9.77. The molecule has 1 aromatic heterocycles. The van der Waals surface area contributed by atoms with Crippen LogP contribution in [0.25, 0.3) is 0 Å². The van der Waals surface area contributed by atoms with Gasteiger partial charge in [0.15, 0.2) is 0 Å².